The first-order valence-corrected chi connectivity index (χ1v) is 10.0. The van der Waals surface area contributed by atoms with E-state index >= 15 is 0 Å². The number of carboxylic acid groups (broad SMARTS) is 1. The molecule has 0 aromatic carbocycles. The van der Waals surface area contributed by atoms with Gasteiger partial charge < -0.3 is 19.7 Å². The fourth-order valence-corrected chi connectivity index (χ4v) is 3.11. The number of pyridine rings is 1. The number of amides is 1. The molecule has 3 aromatic heterocycles. The van der Waals surface area contributed by atoms with Gasteiger partial charge >= 0.3 is 12.1 Å². The first-order chi connectivity index (χ1) is 14.9. The molecule has 170 valence electrons. The summed E-state index contributed by atoms with van der Waals surface area (Å²) in [5.74, 6) is -0.948. The van der Waals surface area contributed by atoms with Crippen molar-refractivity contribution >= 4 is 46.6 Å². The summed E-state index contributed by atoms with van der Waals surface area (Å²) in [4.78, 5) is 42.4. The summed E-state index contributed by atoms with van der Waals surface area (Å²) in [6, 6.07) is 2.89. The Hall–Kier alpha value is -3.60. The van der Waals surface area contributed by atoms with Crippen molar-refractivity contribution in [2.45, 2.75) is 39.8 Å². The maximum absolute atomic E-state index is 12.6. The van der Waals surface area contributed by atoms with Gasteiger partial charge in [-0.1, -0.05) is 11.6 Å². The molecule has 0 bridgehead atoms. The van der Waals surface area contributed by atoms with Crippen molar-refractivity contribution in [3.05, 3.63) is 45.5 Å². The number of fused-ring (bicyclic) bond motifs is 1. The van der Waals surface area contributed by atoms with E-state index in [0.717, 1.165) is 6.20 Å². The second kappa shape index (κ2) is 8.50. The van der Waals surface area contributed by atoms with Crippen LogP contribution in [0, 0.1) is 0 Å². The van der Waals surface area contributed by atoms with Gasteiger partial charge in [-0.3, -0.25) is 9.69 Å². The van der Waals surface area contributed by atoms with Crippen molar-refractivity contribution in [3.8, 4) is 0 Å². The third-order valence-corrected chi connectivity index (χ3v) is 4.56. The molecular weight excluding hydrogens is 440 g/mol. The van der Waals surface area contributed by atoms with Crippen LogP contribution in [0.15, 0.2) is 29.3 Å². The molecule has 0 aliphatic rings. The zero-order valence-electron chi connectivity index (χ0n) is 18.2. The van der Waals surface area contributed by atoms with Gasteiger partial charge in [-0.25, -0.2) is 14.6 Å². The molecule has 0 atom stereocenters. The summed E-state index contributed by atoms with van der Waals surface area (Å²) in [6.07, 6.45) is 1.96. The van der Waals surface area contributed by atoms with Crippen LogP contribution in [-0.4, -0.2) is 49.0 Å². The number of nitrogens with one attached hydrogen (secondary N) is 1. The number of ether oxygens (including phenoxy) is 1. The van der Waals surface area contributed by atoms with Crippen LogP contribution >= 0.6 is 11.6 Å². The van der Waals surface area contributed by atoms with Gasteiger partial charge in [0, 0.05) is 25.9 Å². The molecule has 3 aromatic rings. The van der Waals surface area contributed by atoms with Crippen LogP contribution < -0.4 is 15.8 Å². The Morgan fingerprint density at radius 2 is 2.00 bits per heavy atom. The molecule has 0 aliphatic heterocycles. The minimum Gasteiger partial charge on any atom is -0.477 e. The molecule has 0 saturated carbocycles. The molecule has 0 unspecified atom stereocenters. The molecule has 0 spiro atoms. The predicted octanol–water partition coefficient (Wildman–Crippen LogP) is 3.38. The second-order valence-electron chi connectivity index (χ2n) is 7.93. The zero-order valence-corrected chi connectivity index (χ0v) is 19.0. The van der Waals surface area contributed by atoms with Gasteiger partial charge in [0.2, 0.25) is 0 Å². The lowest BCUT2D eigenvalue weighted by Gasteiger charge is -2.25. The second-order valence-corrected chi connectivity index (χ2v) is 8.36. The molecule has 0 fully saturated rings. The summed E-state index contributed by atoms with van der Waals surface area (Å²) in [5, 5.41) is 16.8. The third-order valence-electron chi connectivity index (χ3n) is 4.35. The number of aryl methyl sites for hydroxylation is 1. The lowest BCUT2D eigenvalue weighted by Crippen LogP contribution is -2.35. The molecular formula is C20H23ClN6O5. The van der Waals surface area contributed by atoms with Crippen LogP contribution in [-0.2, 0) is 11.3 Å². The Kier molecular flexibility index (Phi) is 6.13. The topological polar surface area (TPSA) is 131 Å². The molecule has 32 heavy (non-hydrogen) atoms. The Balaban J connectivity index is 2.15. The van der Waals surface area contributed by atoms with Gasteiger partial charge in [-0.05, 0) is 33.8 Å². The minimum absolute atomic E-state index is 0.0225. The fourth-order valence-electron chi connectivity index (χ4n) is 2.89. The number of carbonyl (C=O) groups excluding carboxylic acids is 1. The molecule has 11 nitrogen and oxygen atoms in total. The van der Waals surface area contributed by atoms with Crippen molar-refractivity contribution in [3.63, 3.8) is 0 Å². The Morgan fingerprint density at radius 3 is 2.59 bits per heavy atom. The quantitative estimate of drug-likeness (QED) is 0.589. The van der Waals surface area contributed by atoms with Crippen LogP contribution in [0.25, 0.3) is 5.65 Å². The number of rotatable bonds is 5. The predicted molar refractivity (Wildman–Crippen MR) is 119 cm³/mol. The number of anilines is 3. The summed E-state index contributed by atoms with van der Waals surface area (Å²) < 4.78 is 8.02. The summed E-state index contributed by atoms with van der Waals surface area (Å²) in [7, 11) is 1.46. The number of nitrogens with zero attached hydrogens (tertiary/aromatic N) is 5. The summed E-state index contributed by atoms with van der Waals surface area (Å²) >= 11 is 6.11. The van der Waals surface area contributed by atoms with E-state index in [1.807, 2.05) is 0 Å². The van der Waals surface area contributed by atoms with Gasteiger partial charge in [-0.2, -0.15) is 9.61 Å². The minimum atomic E-state index is -1.24. The van der Waals surface area contributed by atoms with Gasteiger partial charge in [0.15, 0.2) is 5.65 Å². The zero-order chi connectivity index (χ0) is 23.8. The largest absolute Gasteiger partial charge is 0.477 e. The Morgan fingerprint density at radius 1 is 1.31 bits per heavy atom. The summed E-state index contributed by atoms with van der Waals surface area (Å²) in [5.41, 5.74) is -1.15. The number of carbonyl (C=O) groups is 2. The van der Waals surface area contributed by atoms with Crippen LogP contribution in [0.3, 0.4) is 0 Å². The molecule has 1 amide bonds. The van der Waals surface area contributed by atoms with Crippen molar-refractivity contribution in [2.75, 3.05) is 17.3 Å². The molecule has 0 radical (unpaired) electrons. The first kappa shape index (κ1) is 23.1. The van der Waals surface area contributed by atoms with Crippen LogP contribution in [0.1, 0.15) is 38.1 Å². The molecule has 3 heterocycles. The molecule has 0 saturated heterocycles. The smallest absolute Gasteiger partial charge is 0.415 e. The maximum Gasteiger partial charge on any atom is 0.415 e. The first-order valence-electron chi connectivity index (χ1n) is 9.67. The van der Waals surface area contributed by atoms with Crippen molar-refractivity contribution in [1.29, 1.82) is 0 Å². The standard InChI is InChI=1S/C20H23ClN6O5/c1-6-26-10-11(21)7-13(17(26)28)23-14-8-15(25(5)19(31)32-20(2,3)4)27-16(24-14)12(9-22-27)18(29)30/h7-10H,6H2,1-5H3,(H,23,24)(H,29,30). The average molecular weight is 463 g/mol. The SMILES string of the molecule is CCn1cc(Cl)cc(Nc2cc(N(C)C(=O)OC(C)(C)C)n3ncc(C(=O)O)c3n2)c1=O. The summed E-state index contributed by atoms with van der Waals surface area (Å²) in [6.45, 7) is 7.37. The molecule has 3 rings (SSSR count). The number of aromatic carboxylic acids is 1. The third kappa shape index (κ3) is 4.67. The van der Waals surface area contributed by atoms with E-state index in [0.29, 0.717) is 11.6 Å². The highest BCUT2D eigenvalue weighted by Gasteiger charge is 2.25. The highest BCUT2D eigenvalue weighted by molar-refractivity contribution is 6.30. The maximum atomic E-state index is 12.6. The molecule has 0 aliphatic carbocycles. The highest BCUT2D eigenvalue weighted by Crippen LogP contribution is 2.25. The van der Waals surface area contributed by atoms with Crippen LogP contribution in [0.5, 0.6) is 0 Å². The molecule has 12 heteroatoms. The van der Waals surface area contributed by atoms with Crippen molar-refractivity contribution in [1.82, 2.24) is 19.2 Å². The number of hydrogen-bond acceptors (Lipinski definition) is 7. The van der Waals surface area contributed by atoms with Gasteiger partial charge in [-0.15, -0.1) is 0 Å². The van der Waals surface area contributed by atoms with E-state index in [4.69, 9.17) is 16.3 Å². The Labute approximate surface area is 188 Å². The van der Waals surface area contributed by atoms with Crippen LogP contribution in [0.2, 0.25) is 5.02 Å². The fraction of sp³-hybridized carbons (Fsp3) is 0.350. The van der Waals surface area contributed by atoms with E-state index in [1.165, 1.54) is 39.4 Å². The van der Waals surface area contributed by atoms with E-state index in [9.17, 15) is 19.5 Å². The van der Waals surface area contributed by atoms with E-state index in [-0.39, 0.29) is 34.1 Å². The van der Waals surface area contributed by atoms with E-state index < -0.39 is 17.7 Å². The normalized spacial score (nSPS) is 11.4. The Bertz CT molecular complexity index is 1260. The van der Waals surface area contributed by atoms with Gasteiger partial charge in [0.25, 0.3) is 5.56 Å². The lowest BCUT2D eigenvalue weighted by atomic mass is 10.2. The number of carboxylic acids is 1. The lowest BCUT2D eigenvalue weighted by molar-refractivity contribution is 0.0587. The van der Waals surface area contributed by atoms with Gasteiger partial charge in [0.05, 0.1) is 11.2 Å². The number of aromatic nitrogens is 4. The van der Waals surface area contributed by atoms with Crippen molar-refractivity contribution in [2.24, 2.45) is 0 Å². The van der Waals surface area contributed by atoms with E-state index in [1.54, 1.807) is 27.7 Å². The highest BCUT2D eigenvalue weighted by atomic mass is 35.5. The van der Waals surface area contributed by atoms with Gasteiger partial charge in [0.1, 0.15) is 28.5 Å². The monoisotopic (exact) mass is 462 g/mol. The average Bonchev–Trinajstić information content (AvgIpc) is 3.12. The molecule has 2 N–H and O–H groups in total. The van der Waals surface area contributed by atoms with E-state index in [2.05, 4.69) is 15.4 Å². The number of halogens is 1. The number of hydrogen-bond donors (Lipinski definition) is 2. The van der Waals surface area contributed by atoms with Crippen LogP contribution in [0.4, 0.5) is 22.1 Å². The van der Waals surface area contributed by atoms with Crippen molar-refractivity contribution < 1.29 is 19.4 Å².